The molecule has 1 N–H and O–H groups in total. The molecular formula is C19H31N. The SMILES string of the molecule is Cc1ccc(C2(CNC(C)(C)C)CC(C(C)C)C2)cc1. The Bertz CT molecular complexity index is 430. The van der Waals surface area contributed by atoms with Crippen LogP contribution in [0.1, 0.15) is 58.6 Å². The second kappa shape index (κ2) is 5.52. The molecular weight excluding hydrogens is 242 g/mol. The Balaban J connectivity index is 2.16. The van der Waals surface area contributed by atoms with Gasteiger partial charge in [-0.3, -0.25) is 0 Å². The lowest BCUT2D eigenvalue weighted by molar-refractivity contribution is 0.0912. The van der Waals surface area contributed by atoms with Crippen molar-refractivity contribution in [3.05, 3.63) is 35.4 Å². The number of hydrogen-bond acceptors (Lipinski definition) is 1. The van der Waals surface area contributed by atoms with E-state index in [4.69, 9.17) is 0 Å². The van der Waals surface area contributed by atoms with Crippen molar-refractivity contribution in [3.8, 4) is 0 Å². The fourth-order valence-electron chi connectivity index (χ4n) is 3.24. The van der Waals surface area contributed by atoms with Crippen LogP contribution in [0.5, 0.6) is 0 Å². The Morgan fingerprint density at radius 1 is 1.15 bits per heavy atom. The monoisotopic (exact) mass is 273 g/mol. The van der Waals surface area contributed by atoms with Crippen molar-refractivity contribution in [2.24, 2.45) is 11.8 Å². The quantitative estimate of drug-likeness (QED) is 0.839. The van der Waals surface area contributed by atoms with Gasteiger partial charge in [-0.05, 0) is 57.9 Å². The van der Waals surface area contributed by atoms with E-state index in [1.807, 2.05) is 0 Å². The van der Waals surface area contributed by atoms with E-state index >= 15 is 0 Å². The van der Waals surface area contributed by atoms with Crippen LogP contribution in [0.3, 0.4) is 0 Å². The van der Waals surface area contributed by atoms with Gasteiger partial charge in [0, 0.05) is 17.5 Å². The average Bonchev–Trinajstić information content (AvgIpc) is 2.27. The van der Waals surface area contributed by atoms with Crippen molar-refractivity contribution in [1.29, 1.82) is 0 Å². The lowest BCUT2D eigenvalue weighted by Crippen LogP contribution is -2.53. The van der Waals surface area contributed by atoms with Crippen LogP contribution in [0.25, 0.3) is 0 Å². The van der Waals surface area contributed by atoms with Crippen LogP contribution in [0, 0.1) is 18.8 Å². The van der Waals surface area contributed by atoms with E-state index in [2.05, 4.69) is 71.1 Å². The summed E-state index contributed by atoms with van der Waals surface area (Å²) in [5.41, 5.74) is 3.43. The van der Waals surface area contributed by atoms with Gasteiger partial charge in [-0.15, -0.1) is 0 Å². The van der Waals surface area contributed by atoms with Gasteiger partial charge in [-0.1, -0.05) is 43.7 Å². The maximum absolute atomic E-state index is 3.74. The third-order valence-corrected chi connectivity index (χ3v) is 4.87. The molecule has 0 bridgehead atoms. The van der Waals surface area contributed by atoms with Gasteiger partial charge in [0.25, 0.3) is 0 Å². The first-order valence-corrected chi connectivity index (χ1v) is 8.04. The van der Waals surface area contributed by atoms with E-state index in [0.29, 0.717) is 5.41 Å². The Hall–Kier alpha value is -0.820. The molecule has 2 rings (SSSR count). The number of nitrogens with one attached hydrogen (secondary N) is 1. The van der Waals surface area contributed by atoms with Crippen LogP contribution in [-0.4, -0.2) is 12.1 Å². The molecule has 1 nitrogen and oxygen atoms in total. The largest absolute Gasteiger partial charge is 0.311 e. The van der Waals surface area contributed by atoms with Crippen molar-refractivity contribution in [3.63, 3.8) is 0 Å². The summed E-state index contributed by atoms with van der Waals surface area (Å²) in [6.07, 6.45) is 2.66. The van der Waals surface area contributed by atoms with E-state index in [0.717, 1.165) is 18.4 Å². The van der Waals surface area contributed by atoms with Crippen molar-refractivity contribution in [2.75, 3.05) is 6.54 Å². The highest BCUT2D eigenvalue weighted by atomic mass is 15.0. The molecule has 0 aliphatic heterocycles. The van der Waals surface area contributed by atoms with Crippen molar-refractivity contribution in [1.82, 2.24) is 5.32 Å². The Morgan fingerprint density at radius 2 is 1.70 bits per heavy atom. The van der Waals surface area contributed by atoms with Crippen LogP contribution in [-0.2, 0) is 5.41 Å². The van der Waals surface area contributed by atoms with E-state index in [1.165, 1.54) is 24.0 Å². The first-order valence-electron chi connectivity index (χ1n) is 8.04. The smallest absolute Gasteiger partial charge is 0.00968 e. The summed E-state index contributed by atoms with van der Waals surface area (Å²) >= 11 is 0. The number of aryl methyl sites for hydroxylation is 1. The normalized spacial score (nSPS) is 26.6. The van der Waals surface area contributed by atoms with Crippen molar-refractivity contribution < 1.29 is 0 Å². The van der Waals surface area contributed by atoms with Gasteiger partial charge < -0.3 is 5.32 Å². The highest BCUT2D eigenvalue weighted by molar-refractivity contribution is 5.32. The van der Waals surface area contributed by atoms with Gasteiger partial charge in [0.05, 0.1) is 0 Å². The zero-order valence-electron chi connectivity index (χ0n) is 14.1. The predicted molar refractivity (Wildman–Crippen MR) is 88.2 cm³/mol. The maximum atomic E-state index is 3.74. The molecule has 1 aromatic rings. The zero-order valence-corrected chi connectivity index (χ0v) is 14.1. The zero-order chi connectivity index (χ0) is 15.0. The minimum atomic E-state index is 0.195. The highest BCUT2D eigenvalue weighted by Crippen LogP contribution is 2.50. The lowest BCUT2D eigenvalue weighted by Gasteiger charge is -2.51. The molecule has 0 saturated heterocycles. The molecule has 0 amide bonds. The molecule has 112 valence electrons. The molecule has 1 aliphatic carbocycles. The fraction of sp³-hybridized carbons (Fsp3) is 0.684. The van der Waals surface area contributed by atoms with Gasteiger partial charge in [-0.2, -0.15) is 0 Å². The summed E-state index contributed by atoms with van der Waals surface area (Å²) in [6, 6.07) is 9.21. The molecule has 1 fully saturated rings. The molecule has 1 aliphatic rings. The summed E-state index contributed by atoms with van der Waals surface area (Å²) in [4.78, 5) is 0. The number of rotatable bonds is 4. The van der Waals surface area contributed by atoms with Crippen molar-refractivity contribution in [2.45, 2.75) is 65.3 Å². The van der Waals surface area contributed by atoms with E-state index in [-0.39, 0.29) is 5.54 Å². The van der Waals surface area contributed by atoms with Crippen molar-refractivity contribution >= 4 is 0 Å². The molecule has 0 radical (unpaired) electrons. The second-order valence-corrected chi connectivity index (χ2v) is 8.16. The Kier molecular flexibility index (Phi) is 4.30. The minimum absolute atomic E-state index is 0.195. The Morgan fingerprint density at radius 3 is 2.15 bits per heavy atom. The predicted octanol–water partition coefficient (Wildman–Crippen LogP) is 4.69. The summed E-state index contributed by atoms with van der Waals surface area (Å²) in [5.74, 6) is 1.70. The summed E-state index contributed by atoms with van der Waals surface area (Å²) < 4.78 is 0. The molecule has 0 heterocycles. The molecule has 0 atom stereocenters. The van der Waals surface area contributed by atoms with Gasteiger partial charge in [0.15, 0.2) is 0 Å². The van der Waals surface area contributed by atoms with E-state index < -0.39 is 0 Å². The summed E-state index contributed by atoms with van der Waals surface area (Å²) in [5, 5.41) is 3.74. The van der Waals surface area contributed by atoms with Gasteiger partial charge >= 0.3 is 0 Å². The molecule has 1 aromatic carbocycles. The molecule has 1 saturated carbocycles. The van der Waals surface area contributed by atoms with E-state index in [9.17, 15) is 0 Å². The van der Waals surface area contributed by atoms with Crippen LogP contribution in [0.15, 0.2) is 24.3 Å². The van der Waals surface area contributed by atoms with Gasteiger partial charge in [-0.25, -0.2) is 0 Å². The highest BCUT2D eigenvalue weighted by Gasteiger charge is 2.46. The maximum Gasteiger partial charge on any atom is 0.00968 e. The van der Waals surface area contributed by atoms with Crippen LogP contribution < -0.4 is 5.32 Å². The van der Waals surface area contributed by atoms with Gasteiger partial charge in [0.1, 0.15) is 0 Å². The Labute approximate surface area is 125 Å². The topological polar surface area (TPSA) is 12.0 Å². The molecule has 0 unspecified atom stereocenters. The fourth-order valence-corrected chi connectivity index (χ4v) is 3.24. The summed E-state index contributed by atoms with van der Waals surface area (Å²) in [7, 11) is 0. The third kappa shape index (κ3) is 3.44. The number of hydrogen-bond donors (Lipinski definition) is 1. The summed E-state index contributed by atoms with van der Waals surface area (Å²) in [6.45, 7) is 14.8. The second-order valence-electron chi connectivity index (χ2n) is 8.16. The van der Waals surface area contributed by atoms with Crippen LogP contribution in [0.2, 0.25) is 0 Å². The van der Waals surface area contributed by atoms with Crippen LogP contribution >= 0.6 is 0 Å². The average molecular weight is 273 g/mol. The molecule has 1 heteroatoms. The molecule has 0 spiro atoms. The molecule has 20 heavy (non-hydrogen) atoms. The minimum Gasteiger partial charge on any atom is -0.311 e. The lowest BCUT2D eigenvalue weighted by atomic mass is 9.55. The van der Waals surface area contributed by atoms with Crippen LogP contribution in [0.4, 0.5) is 0 Å². The first-order chi connectivity index (χ1) is 9.22. The van der Waals surface area contributed by atoms with Gasteiger partial charge in [0.2, 0.25) is 0 Å². The first kappa shape index (κ1) is 15.6. The number of benzene rings is 1. The standard InChI is InChI=1S/C19H31N/c1-14(2)16-11-19(12-16,13-20-18(4,5)6)17-9-7-15(3)8-10-17/h7-10,14,16,20H,11-13H2,1-6H3. The third-order valence-electron chi connectivity index (χ3n) is 4.87. The van der Waals surface area contributed by atoms with E-state index in [1.54, 1.807) is 0 Å². The molecule has 0 aromatic heterocycles.